The molecule has 0 saturated heterocycles. The minimum absolute atomic E-state index is 0.149. The van der Waals surface area contributed by atoms with E-state index >= 15 is 0 Å². The second kappa shape index (κ2) is 7.06. The first-order valence-electron chi connectivity index (χ1n) is 7.00. The predicted molar refractivity (Wildman–Crippen MR) is 93.9 cm³/mol. The summed E-state index contributed by atoms with van der Waals surface area (Å²) in [6, 6.07) is 14.1. The van der Waals surface area contributed by atoms with E-state index in [0.29, 0.717) is 10.0 Å². The second-order valence-electron chi connectivity index (χ2n) is 5.18. The van der Waals surface area contributed by atoms with Gasteiger partial charge in [0, 0.05) is 24.1 Å². The minimum atomic E-state index is 0.149. The fourth-order valence-electron chi connectivity index (χ4n) is 2.36. The van der Waals surface area contributed by atoms with Crippen LogP contribution >= 0.6 is 23.2 Å². The van der Waals surface area contributed by atoms with Crippen LogP contribution in [0.2, 0.25) is 10.0 Å². The third-order valence-corrected chi connectivity index (χ3v) is 4.02. The largest absolute Gasteiger partial charge is 0.377 e. The van der Waals surface area contributed by atoms with Crippen molar-refractivity contribution >= 4 is 34.6 Å². The molecule has 0 fully saturated rings. The molecule has 2 aromatic rings. The first kappa shape index (κ1) is 16.0. The summed E-state index contributed by atoms with van der Waals surface area (Å²) < 4.78 is 0. The molecule has 0 heterocycles. The zero-order valence-electron chi connectivity index (χ0n) is 12.5. The van der Waals surface area contributed by atoms with E-state index in [1.54, 1.807) is 6.07 Å². The number of halogens is 2. The summed E-state index contributed by atoms with van der Waals surface area (Å²) in [6.07, 6.45) is 0.934. The predicted octanol–water partition coefficient (Wildman–Crippen LogP) is 5.62. The van der Waals surface area contributed by atoms with E-state index in [1.807, 2.05) is 38.4 Å². The Morgan fingerprint density at radius 2 is 1.81 bits per heavy atom. The van der Waals surface area contributed by atoms with Crippen molar-refractivity contribution in [1.29, 1.82) is 0 Å². The fourth-order valence-corrected chi connectivity index (χ4v) is 2.90. The van der Waals surface area contributed by atoms with Crippen molar-refractivity contribution in [3.8, 4) is 0 Å². The maximum absolute atomic E-state index is 6.34. The molecule has 2 rings (SSSR count). The molecule has 0 amide bonds. The van der Waals surface area contributed by atoms with Crippen molar-refractivity contribution in [2.45, 2.75) is 19.4 Å². The van der Waals surface area contributed by atoms with Gasteiger partial charge in [0.1, 0.15) is 0 Å². The van der Waals surface area contributed by atoms with Crippen LogP contribution in [-0.2, 0) is 0 Å². The Kier molecular flexibility index (Phi) is 5.38. The van der Waals surface area contributed by atoms with E-state index in [0.717, 1.165) is 23.4 Å². The third-order valence-electron chi connectivity index (χ3n) is 3.46. The molecule has 2 nitrogen and oxygen atoms in total. The summed E-state index contributed by atoms with van der Waals surface area (Å²) >= 11 is 12.3. The van der Waals surface area contributed by atoms with Crippen molar-refractivity contribution < 1.29 is 0 Å². The molecule has 1 unspecified atom stereocenters. The average molecular weight is 323 g/mol. The Balaban J connectivity index is 2.31. The van der Waals surface area contributed by atoms with Gasteiger partial charge >= 0.3 is 0 Å². The van der Waals surface area contributed by atoms with Crippen LogP contribution in [0.3, 0.4) is 0 Å². The highest BCUT2D eigenvalue weighted by atomic mass is 35.5. The van der Waals surface area contributed by atoms with E-state index in [-0.39, 0.29) is 6.04 Å². The third kappa shape index (κ3) is 3.84. The maximum Gasteiger partial charge on any atom is 0.0596 e. The van der Waals surface area contributed by atoms with E-state index in [9.17, 15) is 0 Å². The van der Waals surface area contributed by atoms with Gasteiger partial charge in [-0.05, 0) is 36.2 Å². The summed E-state index contributed by atoms with van der Waals surface area (Å²) in [4.78, 5) is 2.10. The van der Waals surface area contributed by atoms with Gasteiger partial charge in [-0.2, -0.15) is 0 Å². The molecule has 0 spiro atoms. The smallest absolute Gasteiger partial charge is 0.0596 e. The maximum atomic E-state index is 6.34. The molecule has 0 aliphatic carbocycles. The van der Waals surface area contributed by atoms with Crippen LogP contribution in [0.25, 0.3) is 0 Å². The SMILES string of the molecule is CCC(Nc1ccccc1N(C)C)c1ccc(Cl)cc1Cl. The summed E-state index contributed by atoms with van der Waals surface area (Å²) in [5.74, 6) is 0. The Labute approximate surface area is 136 Å². The van der Waals surface area contributed by atoms with E-state index < -0.39 is 0 Å². The minimum Gasteiger partial charge on any atom is -0.377 e. The van der Waals surface area contributed by atoms with Crippen LogP contribution in [0.4, 0.5) is 11.4 Å². The first-order valence-corrected chi connectivity index (χ1v) is 7.76. The molecular weight excluding hydrogens is 303 g/mol. The van der Waals surface area contributed by atoms with Gasteiger partial charge in [-0.3, -0.25) is 0 Å². The molecule has 0 radical (unpaired) electrons. The highest BCUT2D eigenvalue weighted by Crippen LogP contribution is 2.33. The summed E-state index contributed by atoms with van der Waals surface area (Å²) in [5, 5.41) is 4.94. The number of hydrogen-bond donors (Lipinski definition) is 1. The first-order chi connectivity index (χ1) is 10.0. The van der Waals surface area contributed by atoms with E-state index in [1.165, 1.54) is 0 Å². The fraction of sp³-hybridized carbons (Fsp3) is 0.294. The van der Waals surface area contributed by atoms with Gasteiger partial charge in [0.25, 0.3) is 0 Å². The molecule has 0 saturated carbocycles. The quantitative estimate of drug-likeness (QED) is 0.768. The lowest BCUT2D eigenvalue weighted by molar-refractivity contribution is 0.749. The normalized spacial score (nSPS) is 12.0. The van der Waals surface area contributed by atoms with Crippen LogP contribution in [0.5, 0.6) is 0 Å². The van der Waals surface area contributed by atoms with Gasteiger partial charge in [-0.15, -0.1) is 0 Å². The van der Waals surface area contributed by atoms with Crippen molar-refractivity contribution in [3.05, 3.63) is 58.1 Å². The second-order valence-corrected chi connectivity index (χ2v) is 6.03. The summed E-state index contributed by atoms with van der Waals surface area (Å²) in [5.41, 5.74) is 3.32. The van der Waals surface area contributed by atoms with Crippen LogP contribution in [0.15, 0.2) is 42.5 Å². The average Bonchev–Trinajstić information content (AvgIpc) is 2.45. The van der Waals surface area contributed by atoms with Crippen molar-refractivity contribution in [2.24, 2.45) is 0 Å². The molecule has 1 atom stereocenters. The van der Waals surface area contributed by atoms with Crippen LogP contribution in [0.1, 0.15) is 24.9 Å². The number of nitrogens with one attached hydrogen (secondary N) is 1. The molecule has 0 aliphatic rings. The number of para-hydroxylation sites is 2. The number of nitrogens with zero attached hydrogens (tertiary/aromatic N) is 1. The van der Waals surface area contributed by atoms with Gasteiger partial charge in [-0.1, -0.05) is 48.3 Å². The van der Waals surface area contributed by atoms with E-state index in [2.05, 4.69) is 29.3 Å². The molecule has 112 valence electrons. The van der Waals surface area contributed by atoms with Crippen molar-refractivity contribution in [2.75, 3.05) is 24.3 Å². The lowest BCUT2D eigenvalue weighted by Crippen LogP contribution is -2.15. The zero-order valence-corrected chi connectivity index (χ0v) is 14.0. The number of rotatable bonds is 5. The summed E-state index contributed by atoms with van der Waals surface area (Å²) in [7, 11) is 4.08. The number of hydrogen-bond acceptors (Lipinski definition) is 2. The number of anilines is 2. The summed E-state index contributed by atoms with van der Waals surface area (Å²) in [6.45, 7) is 2.14. The Morgan fingerprint density at radius 1 is 1.10 bits per heavy atom. The van der Waals surface area contributed by atoms with Crippen LogP contribution in [0, 0.1) is 0 Å². The van der Waals surface area contributed by atoms with Gasteiger partial charge in [0.15, 0.2) is 0 Å². The highest BCUT2D eigenvalue weighted by molar-refractivity contribution is 6.35. The van der Waals surface area contributed by atoms with Crippen molar-refractivity contribution in [3.63, 3.8) is 0 Å². The lowest BCUT2D eigenvalue weighted by atomic mass is 10.0. The van der Waals surface area contributed by atoms with Gasteiger partial charge < -0.3 is 10.2 Å². The van der Waals surface area contributed by atoms with Gasteiger partial charge in [0.2, 0.25) is 0 Å². The van der Waals surface area contributed by atoms with Crippen LogP contribution < -0.4 is 10.2 Å². The number of benzene rings is 2. The van der Waals surface area contributed by atoms with Crippen LogP contribution in [-0.4, -0.2) is 14.1 Å². The topological polar surface area (TPSA) is 15.3 Å². The Morgan fingerprint density at radius 3 is 2.43 bits per heavy atom. The molecule has 1 N–H and O–H groups in total. The van der Waals surface area contributed by atoms with E-state index in [4.69, 9.17) is 23.2 Å². The Hall–Kier alpha value is -1.38. The van der Waals surface area contributed by atoms with Gasteiger partial charge in [-0.25, -0.2) is 0 Å². The monoisotopic (exact) mass is 322 g/mol. The molecule has 0 aromatic heterocycles. The molecule has 21 heavy (non-hydrogen) atoms. The van der Waals surface area contributed by atoms with Crippen molar-refractivity contribution in [1.82, 2.24) is 0 Å². The molecular formula is C17H20Cl2N2. The highest BCUT2D eigenvalue weighted by Gasteiger charge is 2.15. The molecule has 0 bridgehead atoms. The molecule has 2 aromatic carbocycles. The zero-order chi connectivity index (χ0) is 15.4. The standard InChI is InChI=1S/C17H20Cl2N2/c1-4-15(13-10-9-12(18)11-14(13)19)20-16-7-5-6-8-17(16)21(2)3/h5-11,15,20H,4H2,1-3H3. The van der Waals surface area contributed by atoms with Gasteiger partial charge in [0.05, 0.1) is 17.4 Å². The Bertz CT molecular complexity index is 611. The lowest BCUT2D eigenvalue weighted by Gasteiger charge is -2.24. The molecule has 4 heteroatoms. The molecule has 0 aliphatic heterocycles.